The lowest BCUT2D eigenvalue weighted by Gasteiger charge is -2.15. The molecule has 0 amide bonds. The fraction of sp³-hybridized carbons (Fsp3) is 0.0213. The van der Waals surface area contributed by atoms with Crippen LogP contribution in [-0.4, -0.2) is 9.97 Å². The molecule has 0 fully saturated rings. The van der Waals surface area contributed by atoms with E-state index in [1.54, 1.807) is 0 Å². The fourth-order valence-electron chi connectivity index (χ4n) is 7.11. The summed E-state index contributed by atoms with van der Waals surface area (Å²) in [6.07, 6.45) is 13.8. The zero-order chi connectivity index (χ0) is 32.6. The van der Waals surface area contributed by atoms with Gasteiger partial charge in [-0.15, -0.1) is 0 Å². The van der Waals surface area contributed by atoms with Crippen molar-refractivity contribution in [2.45, 2.75) is 6.42 Å². The highest BCUT2D eigenvalue weighted by Gasteiger charge is 2.16. The van der Waals surface area contributed by atoms with Crippen LogP contribution >= 0.6 is 0 Å². The van der Waals surface area contributed by atoms with Gasteiger partial charge < -0.3 is 0 Å². The second-order valence-electron chi connectivity index (χ2n) is 12.5. The molecule has 7 aromatic carbocycles. The molecule has 9 rings (SSSR count). The molecule has 0 unspecified atom stereocenters. The Morgan fingerprint density at radius 1 is 0.429 bits per heavy atom. The Morgan fingerprint density at radius 3 is 1.82 bits per heavy atom. The Kier molecular flexibility index (Phi) is 7.25. The Bertz CT molecular complexity index is 2590. The summed E-state index contributed by atoms with van der Waals surface area (Å²) in [5.41, 5.74) is 9.74. The molecule has 0 aliphatic heterocycles. The molecule has 2 heteroatoms. The summed E-state index contributed by atoms with van der Waals surface area (Å²) in [7, 11) is 0. The molecule has 8 aromatic rings. The summed E-state index contributed by atoms with van der Waals surface area (Å²) in [5, 5.41) is 7.46. The third-order valence-electron chi connectivity index (χ3n) is 9.52. The lowest BCUT2D eigenvalue weighted by atomic mass is 9.93. The van der Waals surface area contributed by atoms with E-state index in [4.69, 9.17) is 9.97 Å². The van der Waals surface area contributed by atoms with Crippen LogP contribution in [0.3, 0.4) is 0 Å². The molecule has 49 heavy (non-hydrogen) atoms. The molecule has 1 aromatic heterocycles. The van der Waals surface area contributed by atoms with E-state index in [2.05, 4.69) is 176 Å². The first-order valence-corrected chi connectivity index (χ1v) is 16.8. The van der Waals surface area contributed by atoms with E-state index in [1.165, 1.54) is 49.0 Å². The van der Waals surface area contributed by atoms with Gasteiger partial charge in [0.15, 0.2) is 5.82 Å². The molecule has 0 saturated carbocycles. The van der Waals surface area contributed by atoms with E-state index in [0.29, 0.717) is 5.82 Å². The fourth-order valence-corrected chi connectivity index (χ4v) is 7.11. The average Bonchev–Trinajstić information content (AvgIpc) is 3.48. The van der Waals surface area contributed by atoms with Gasteiger partial charge >= 0.3 is 0 Å². The maximum Gasteiger partial charge on any atom is 0.159 e. The highest BCUT2D eigenvalue weighted by Crippen LogP contribution is 2.39. The molecule has 2 nitrogen and oxygen atoms in total. The molecule has 0 N–H and O–H groups in total. The number of hydrogen-bond acceptors (Lipinski definition) is 2. The smallest absolute Gasteiger partial charge is 0.159 e. The molecule has 1 aliphatic rings. The van der Waals surface area contributed by atoms with Gasteiger partial charge in [-0.1, -0.05) is 158 Å². The summed E-state index contributed by atoms with van der Waals surface area (Å²) in [5.74, 6) is 0.707. The van der Waals surface area contributed by atoms with Gasteiger partial charge in [0.1, 0.15) is 0 Å². The number of fused-ring (bicyclic) bond motifs is 6. The van der Waals surface area contributed by atoms with Crippen molar-refractivity contribution in [3.8, 4) is 44.9 Å². The third-order valence-corrected chi connectivity index (χ3v) is 9.52. The molecule has 1 heterocycles. The van der Waals surface area contributed by atoms with E-state index in [9.17, 15) is 0 Å². The molecular weight excluding hydrogens is 593 g/mol. The van der Waals surface area contributed by atoms with Crippen molar-refractivity contribution in [3.05, 3.63) is 188 Å². The Labute approximate surface area is 286 Å². The van der Waals surface area contributed by atoms with Crippen molar-refractivity contribution in [3.63, 3.8) is 0 Å². The summed E-state index contributed by atoms with van der Waals surface area (Å²) >= 11 is 0. The van der Waals surface area contributed by atoms with Gasteiger partial charge in [0.2, 0.25) is 0 Å². The molecule has 1 aliphatic carbocycles. The lowest BCUT2D eigenvalue weighted by molar-refractivity contribution is 1.18. The van der Waals surface area contributed by atoms with Gasteiger partial charge in [-0.05, 0) is 84.8 Å². The molecule has 0 saturated heterocycles. The van der Waals surface area contributed by atoms with E-state index >= 15 is 0 Å². The number of benzene rings is 7. The van der Waals surface area contributed by atoms with E-state index in [0.717, 1.165) is 39.9 Å². The number of nitrogens with zero attached hydrogens (tertiary/aromatic N) is 2. The van der Waals surface area contributed by atoms with E-state index in [1.807, 2.05) is 6.20 Å². The minimum Gasteiger partial charge on any atom is -0.236 e. The van der Waals surface area contributed by atoms with Gasteiger partial charge in [0.25, 0.3) is 0 Å². The van der Waals surface area contributed by atoms with Crippen molar-refractivity contribution in [2.24, 2.45) is 0 Å². The van der Waals surface area contributed by atoms with Gasteiger partial charge in [0, 0.05) is 22.9 Å². The zero-order valence-electron chi connectivity index (χ0n) is 26.9. The Balaban J connectivity index is 1.24. The van der Waals surface area contributed by atoms with Crippen LogP contribution in [0.15, 0.2) is 182 Å². The minimum atomic E-state index is 0.707. The van der Waals surface area contributed by atoms with Gasteiger partial charge in [-0.3, -0.25) is 0 Å². The van der Waals surface area contributed by atoms with E-state index < -0.39 is 0 Å². The van der Waals surface area contributed by atoms with Crippen LogP contribution in [0.2, 0.25) is 0 Å². The summed E-state index contributed by atoms with van der Waals surface area (Å²) in [6.45, 7) is 0. The monoisotopic (exact) mass is 624 g/mol. The maximum absolute atomic E-state index is 5.38. The first-order chi connectivity index (χ1) is 24.3. The second-order valence-corrected chi connectivity index (χ2v) is 12.5. The molecule has 0 atom stereocenters. The standard InChI is InChI=1S/C47H32N2/c1-2-5-15-32(14-4-1)34-18-12-20-36(28-34)45-31-48-47(49-46(45)37-21-13-19-35(29-37)33-16-6-3-7-17-33)38-26-27-43-41-24-9-8-22-39(41)40-23-10-11-25-42(40)44(43)30-38/h1,3-31H,2H2. The highest BCUT2D eigenvalue weighted by molar-refractivity contribution is 6.25. The van der Waals surface area contributed by atoms with Crippen molar-refractivity contribution in [2.75, 3.05) is 0 Å². The first-order valence-electron chi connectivity index (χ1n) is 16.8. The predicted octanol–water partition coefficient (Wildman–Crippen LogP) is 12.5. The summed E-state index contributed by atoms with van der Waals surface area (Å²) < 4.78 is 0. The number of rotatable bonds is 5. The highest BCUT2D eigenvalue weighted by atomic mass is 14.9. The normalized spacial score (nSPS) is 12.8. The third kappa shape index (κ3) is 5.34. The SMILES string of the molecule is C1=CCC=CC(c2cccc(-c3cnc(-c4ccc5c6ccccc6c6ccccc6c5c4)nc3-c3cccc(-c4ccccc4)c3)c2)=C1. The van der Waals surface area contributed by atoms with Crippen LogP contribution in [0.4, 0.5) is 0 Å². The second kappa shape index (κ2) is 12.3. The lowest BCUT2D eigenvalue weighted by Crippen LogP contribution is -1.97. The summed E-state index contributed by atoms with van der Waals surface area (Å²) in [6, 6.07) is 52.0. The molecule has 0 spiro atoms. The van der Waals surface area contributed by atoms with Crippen LogP contribution < -0.4 is 0 Å². The average molecular weight is 625 g/mol. The summed E-state index contributed by atoms with van der Waals surface area (Å²) in [4.78, 5) is 10.4. The zero-order valence-corrected chi connectivity index (χ0v) is 26.9. The minimum absolute atomic E-state index is 0.707. The van der Waals surface area contributed by atoms with Gasteiger partial charge in [-0.2, -0.15) is 0 Å². The van der Waals surface area contributed by atoms with Gasteiger partial charge in [-0.25, -0.2) is 9.97 Å². The van der Waals surface area contributed by atoms with Gasteiger partial charge in [0.05, 0.1) is 5.69 Å². The van der Waals surface area contributed by atoms with Crippen LogP contribution in [0.5, 0.6) is 0 Å². The van der Waals surface area contributed by atoms with Crippen molar-refractivity contribution >= 4 is 37.9 Å². The first kappa shape index (κ1) is 28.8. The number of allylic oxidation sites excluding steroid dienone is 6. The van der Waals surface area contributed by atoms with Crippen LogP contribution in [0.25, 0.3) is 82.8 Å². The molecule has 230 valence electrons. The molecular formula is C47H32N2. The molecule has 0 radical (unpaired) electrons. The Hall–Kier alpha value is -6.38. The Morgan fingerprint density at radius 2 is 1.04 bits per heavy atom. The number of aromatic nitrogens is 2. The van der Waals surface area contributed by atoms with Crippen LogP contribution in [-0.2, 0) is 0 Å². The molecule has 0 bridgehead atoms. The topological polar surface area (TPSA) is 25.8 Å². The maximum atomic E-state index is 5.38. The van der Waals surface area contributed by atoms with Crippen molar-refractivity contribution in [1.82, 2.24) is 9.97 Å². The predicted molar refractivity (Wildman–Crippen MR) is 207 cm³/mol. The van der Waals surface area contributed by atoms with E-state index in [-0.39, 0.29) is 0 Å². The van der Waals surface area contributed by atoms with Crippen molar-refractivity contribution < 1.29 is 0 Å². The van der Waals surface area contributed by atoms with Crippen LogP contribution in [0, 0.1) is 0 Å². The van der Waals surface area contributed by atoms with Crippen LogP contribution in [0.1, 0.15) is 12.0 Å². The van der Waals surface area contributed by atoms with Crippen molar-refractivity contribution in [1.29, 1.82) is 0 Å². The number of hydrogen-bond donors (Lipinski definition) is 0. The largest absolute Gasteiger partial charge is 0.236 e. The quantitative estimate of drug-likeness (QED) is 0.178.